The monoisotopic (exact) mass is 527 g/mol. The lowest BCUT2D eigenvalue weighted by atomic mass is 10.1. The van der Waals surface area contributed by atoms with Crippen LogP contribution in [0.2, 0.25) is 0 Å². The molecule has 7 nitrogen and oxygen atoms in total. The van der Waals surface area contributed by atoms with Crippen LogP contribution < -0.4 is 11.1 Å². The molecule has 0 aromatic heterocycles. The number of carbonyl (C=O) groups is 2. The summed E-state index contributed by atoms with van der Waals surface area (Å²) in [6, 6.07) is 17.2. The molecule has 0 radical (unpaired) electrons. The minimum atomic E-state index is -0.724. The third-order valence-electron chi connectivity index (χ3n) is 5.64. The van der Waals surface area contributed by atoms with Crippen molar-refractivity contribution >= 4 is 50.2 Å². The minimum absolute atomic E-state index is 0.156. The number of para-hydroxylation sites is 1. The highest BCUT2D eigenvalue weighted by atomic mass is 79.9. The van der Waals surface area contributed by atoms with Gasteiger partial charge in [-0.05, 0) is 40.7 Å². The van der Waals surface area contributed by atoms with Crippen LogP contribution in [0.4, 0.5) is 5.69 Å². The van der Waals surface area contributed by atoms with Crippen molar-refractivity contribution in [1.82, 2.24) is 9.80 Å². The molecule has 0 aliphatic carbocycles. The molecule has 9 heteroatoms. The molecule has 172 valence electrons. The number of rotatable bonds is 5. The lowest BCUT2D eigenvalue weighted by Gasteiger charge is -2.32. The Morgan fingerprint density at radius 3 is 2.45 bits per heavy atom. The highest BCUT2D eigenvalue weighted by molar-refractivity contribution is 9.10. The fraction of sp³-hybridized carbons (Fsp3) is 0.292. The van der Waals surface area contributed by atoms with Crippen LogP contribution in [0, 0.1) is 0 Å². The number of nitrogens with one attached hydrogen (secondary N) is 1. The molecule has 0 saturated carbocycles. The molecule has 2 aromatic rings. The molecule has 0 bridgehead atoms. The summed E-state index contributed by atoms with van der Waals surface area (Å²) in [6.45, 7) is 3.25. The molecule has 3 N–H and O–H groups in total. The molecule has 33 heavy (non-hydrogen) atoms. The summed E-state index contributed by atoms with van der Waals surface area (Å²) in [5.74, 6) is -0.436. The Morgan fingerprint density at radius 1 is 1.09 bits per heavy atom. The summed E-state index contributed by atoms with van der Waals surface area (Å²) in [5.41, 5.74) is 8.75. The van der Waals surface area contributed by atoms with E-state index in [9.17, 15) is 9.59 Å². The van der Waals surface area contributed by atoms with E-state index in [1.807, 2.05) is 61.6 Å². The van der Waals surface area contributed by atoms with Crippen molar-refractivity contribution < 1.29 is 9.59 Å². The van der Waals surface area contributed by atoms with E-state index in [4.69, 9.17) is 10.7 Å². The third-order valence-corrected chi connectivity index (χ3v) is 7.59. The zero-order valence-corrected chi connectivity index (χ0v) is 20.7. The van der Waals surface area contributed by atoms with Crippen LogP contribution in [-0.2, 0) is 16.1 Å². The summed E-state index contributed by atoms with van der Waals surface area (Å²) < 4.78 is 0.774. The number of benzene rings is 2. The van der Waals surface area contributed by atoms with Crippen molar-refractivity contribution in [3.8, 4) is 0 Å². The van der Waals surface area contributed by atoms with Crippen molar-refractivity contribution in [3.63, 3.8) is 0 Å². The molecular weight excluding hydrogens is 502 g/mol. The van der Waals surface area contributed by atoms with Gasteiger partial charge in [0.25, 0.3) is 5.91 Å². The van der Waals surface area contributed by atoms with E-state index < -0.39 is 5.25 Å². The number of anilines is 1. The van der Waals surface area contributed by atoms with Crippen molar-refractivity contribution in [2.75, 3.05) is 38.5 Å². The van der Waals surface area contributed by atoms with Gasteiger partial charge in [-0.15, -0.1) is 0 Å². The second kappa shape index (κ2) is 10.5. The van der Waals surface area contributed by atoms with E-state index in [0.29, 0.717) is 35.9 Å². The van der Waals surface area contributed by atoms with E-state index in [-0.39, 0.29) is 17.5 Å². The largest absolute Gasteiger partial charge is 0.400 e. The van der Waals surface area contributed by atoms with Crippen molar-refractivity contribution in [2.45, 2.75) is 11.8 Å². The van der Waals surface area contributed by atoms with Gasteiger partial charge in [-0.3, -0.25) is 14.6 Å². The van der Waals surface area contributed by atoms with Gasteiger partial charge in [-0.1, -0.05) is 54.2 Å². The molecule has 2 aliphatic rings. The topological polar surface area (TPSA) is 91.0 Å². The SMILES string of the molecule is CN1CCN(C(=O)C2=C(N)[C@H](C(=O)Nc3ccccc3Br)SC2=NCc2ccccc2)CC1. The molecule has 2 heterocycles. The first-order valence-electron chi connectivity index (χ1n) is 10.7. The normalized spacial score (nSPS) is 20.4. The summed E-state index contributed by atoms with van der Waals surface area (Å²) in [4.78, 5) is 35.3. The molecule has 0 unspecified atom stereocenters. The Kier molecular flexibility index (Phi) is 7.52. The highest BCUT2D eigenvalue weighted by Gasteiger charge is 2.40. The molecule has 1 saturated heterocycles. The summed E-state index contributed by atoms with van der Waals surface area (Å²) >= 11 is 4.69. The van der Waals surface area contributed by atoms with Crippen molar-refractivity contribution in [1.29, 1.82) is 0 Å². The van der Waals surface area contributed by atoms with E-state index in [1.165, 1.54) is 11.8 Å². The molecule has 2 amide bonds. The number of hydrogen-bond acceptors (Lipinski definition) is 6. The number of aliphatic imine (C=N–C) groups is 1. The molecule has 1 atom stereocenters. The van der Waals surface area contributed by atoms with Gasteiger partial charge in [-0.25, -0.2) is 0 Å². The highest BCUT2D eigenvalue weighted by Crippen LogP contribution is 2.35. The lowest BCUT2D eigenvalue weighted by molar-refractivity contribution is -0.128. The maximum atomic E-state index is 13.5. The fourth-order valence-corrected chi connectivity index (χ4v) is 5.17. The van der Waals surface area contributed by atoms with Gasteiger partial charge in [0.05, 0.1) is 17.8 Å². The number of halogens is 1. The summed E-state index contributed by atoms with van der Waals surface area (Å²) in [6.07, 6.45) is 0. The minimum Gasteiger partial charge on any atom is -0.400 e. The Bertz CT molecular complexity index is 1100. The third kappa shape index (κ3) is 5.48. The van der Waals surface area contributed by atoms with E-state index in [0.717, 1.165) is 23.1 Å². The predicted molar refractivity (Wildman–Crippen MR) is 137 cm³/mol. The van der Waals surface area contributed by atoms with Gasteiger partial charge in [0.1, 0.15) is 10.3 Å². The van der Waals surface area contributed by atoms with Crippen LogP contribution in [0.25, 0.3) is 0 Å². The molecule has 0 spiro atoms. The van der Waals surface area contributed by atoms with Gasteiger partial charge in [0, 0.05) is 36.3 Å². The van der Waals surface area contributed by atoms with Gasteiger partial charge in [0.15, 0.2) is 0 Å². The molecule has 4 rings (SSSR count). The molecular formula is C24H26BrN5O2S. The van der Waals surface area contributed by atoms with E-state index in [2.05, 4.69) is 26.1 Å². The van der Waals surface area contributed by atoms with Gasteiger partial charge in [0.2, 0.25) is 5.91 Å². The Balaban J connectivity index is 1.61. The Labute approximate surface area is 206 Å². The van der Waals surface area contributed by atoms with Crippen LogP contribution in [0.5, 0.6) is 0 Å². The second-order valence-electron chi connectivity index (χ2n) is 8.00. The average molecular weight is 528 g/mol. The standard InChI is InChI=1S/C24H26BrN5O2S/c1-29-11-13-30(14-12-29)24(32)19-20(26)21(22(31)28-18-10-6-5-9-17(18)25)33-23(19)27-15-16-7-3-2-4-8-16/h2-10,21H,11-15,26H2,1H3,(H,28,31)/t21-/m1/s1. The zero-order chi connectivity index (χ0) is 23.4. The first kappa shape index (κ1) is 23.5. The molecule has 2 aliphatic heterocycles. The molecule has 2 aromatic carbocycles. The number of carbonyl (C=O) groups excluding carboxylic acids is 2. The van der Waals surface area contributed by atoms with Crippen LogP contribution >= 0.6 is 27.7 Å². The fourth-order valence-electron chi connectivity index (χ4n) is 3.69. The van der Waals surface area contributed by atoms with E-state index in [1.54, 1.807) is 4.90 Å². The first-order chi connectivity index (χ1) is 15.9. The average Bonchev–Trinajstić information content (AvgIpc) is 3.16. The molecule has 1 fully saturated rings. The maximum absolute atomic E-state index is 13.5. The maximum Gasteiger partial charge on any atom is 0.258 e. The van der Waals surface area contributed by atoms with Crippen LogP contribution in [0.1, 0.15) is 5.56 Å². The summed E-state index contributed by atoms with van der Waals surface area (Å²) in [5, 5.41) is 2.71. The Morgan fingerprint density at radius 2 is 1.76 bits per heavy atom. The van der Waals surface area contributed by atoms with Crippen molar-refractivity contribution in [3.05, 3.63) is 75.9 Å². The number of likely N-dealkylation sites (N-methyl/N-ethyl adjacent to an activating group) is 1. The summed E-state index contributed by atoms with van der Waals surface area (Å²) in [7, 11) is 2.04. The second-order valence-corrected chi connectivity index (χ2v) is 9.95. The predicted octanol–water partition coefficient (Wildman–Crippen LogP) is 3.09. The van der Waals surface area contributed by atoms with Gasteiger partial charge < -0.3 is 20.9 Å². The number of amides is 2. The van der Waals surface area contributed by atoms with Crippen molar-refractivity contribution in [2.24, 2.45) is 10.7 Å². The number of nitrogens with two attached hydrogens (primary N) is 1. The van der Waals surface area contributed by atoms with Gasteiger partial charge >= 0.3 is 0 Å². The van der Waals surface area contributed by atoms with Gasteiger partial charge in [-0.2, -0.15) is 0 Å². The van der Waals surface area contributed by atoms with Crippen LogP contribution in [0.3, 0.4) is 0 Å². The number of nitrogens with zero attached hydrogens (tertiary/aromatic N) is 3. The number of thioether (sulfide) groups is 1. The van der Waals surface area contributed by atoms with Crippen LogP contribution in [0.15, 0.2) is 75.3 Å². The van der Waals surface area contributed by atoms with E-state index >= 15 is 0 Å². The number of hydrogen-bond donors (Lipinski definition) is 2. The lowest BCUT2D eigenvalue weighted by Crippen LogP contribution is -2.48. The zero-order valence-electron chi connectivity index (χ0n) is 18.3. The number of piperazine rings is 1. The van der Waals surface area contributed by atoms with Crippen LogP contribution in [-0.4, -0.2) is 65.1 Å². The first-order valence-corrected chi connectivity index (χ1v) is 12.4. The Hall–Kier alpha value is -2.62. The quantitative estimate of drug-likeness (QED) is 0.623. The smallest absolute Gasteiger partial charge is 0.258 e.